The number of ether oxygens (including phenoxy) is 1. The Labute approximate surface area is 155 Å². The van der Waals surface area contributed by atoms with Crippen LogP contribution in [0.2, 0.25) is 0 Å². The molecule has 134 valence electrons. The van der Waals surface area contributed by atoms with Gasteiger partial charge in [0.15, 0.2) is 0 Å². The molecule has 1 aromatic carbocycles. The Bertz CT molecular complexity index is 476. The fourth-order valence-electron chi connectivity index (χ4n) is 2.71. The zero-order valence-electron chi connectivity index (χ0n) is 14.9. The summed E-state index contributed by atoms with van der Waals surface area (Å²) in [6.45, 7) is 4.87. The highest BCUT2D eigenvalue weighted by Crippen LogP contribution is 2.48. The Morgan fingerprint density at radius 1 is 1.25 bits per heavy atom. The maximum Gasteiger partial charge on any atom is 0.305 e. The van der Waals surface area contributed by atoms with E-state index >= 15 is 0 Å². The minimum absolute atomic E-state index is 0.0235. The predicted octanol–water partition coefficient (Wildman–Crippen LogP) is 6.07. The molecule has 0 N–H and O–H groups in total. The zero-order chi connectivity index (χ0) is 17.2. The molecule has 1 aromatic rings. The van der Waals surface area contributed by atoms with Gasteiger partial charge in [-0.1, -0.05) is 50.6 Å². The van der Waals surface area contributed by atoms with E-state index in [1.54, 1.807) is 0 Å². The number of thioether (sulfide) groups is 2. The molecule has 1 aliphatic heterocycles. The van der Waals surface area contributed by atoms with Crippen LogP contribution in [0.1, 0.15) is 62.5 Å². The van der Waals surface area contributed by atoms with Crippen molar-refractivity contribution in [2.24, 2.45) is 5.92 Å². The van der Waals surface area contributed by atoms with E-state index in [0.717, 1.165) is 24.5 Å². The quantitative estimate of drug-likeness (QED) is 0.391. The topological polar surface area (TPSA) is 26.3 Å². The molecule has 0 bridgehead atoms. The van der Waals surface area contributed by atoms with Crippen LogP contribution in [-0.2, 0) is 9.53 Å². The van der Waals surface area contributed by atoms with Gasteiger partial charge in [-0.05, 0) is 42.9 Å². The summed E-state index contributed by atoms with van der Waals surface area (Å²) in [7, 11) is 0. The van der Waals surface area contributed by atoms with E-state index in [9.17, 15) is 4.79 Å². The van der Waals surface area contributed by atoms with Gasteiger partial charge in [-0.2, -0.15) is 0 Å². The number of benzene rings is 1. The van der Waals surface area contributed by atoms with Crippen LogP contribution in [0.5, 0.6) is 0 Å². The van der Waals surface area contributed by atoms with Crippen molar-refractivity contribution < 1.29 is 9.53 Å². The van der Waals surface area contributed by atoms with E-state index in [1.807, 2.05) is 0 Å². The maximum atomic E-state index is 11.7. The summed E-state index contributed by atoms with van der Waals surface area (Å²) >= 11 is 4.17. The lowest BCUT2D eigenvalue weighted by Crippen LogP contribution is -2.13. The Balaban J connectivity index is 1.59. The van der Waals surface area contributed by atoms with Crippen LogP contribution >= 0.6 is 23.5 Å². The van der Waals surface area contributed by atoms with Crippen molar-refractivity contribution in [1.29, 1.82) is 0 Å². The lowest BCUT2D eigenvalue weighted by molar-refractivity contribution is -0.144. The summed E-state index contributed by atoms with van der Waals surface area (Å²) in [5.74, 6) is 1.82. The number of unbranched alkanes of at least 4 members (excludes halogenated alkanes) is 1. The molecule has 0 aliphatic carbocycles. The van der Waals surface area contributed by atoms with Crippen LogP contribution in [0.15, 0.2) is 30.3 Å². The van der Waals surface area contributed by atoms with E-state index in [1.165, 1.54) is 24.2 Å². The molecule has 24 heavy (non-hydrogen) atoms. The van der Waals surface area contributed by atoms with Gasteiger partial charge >= 0.3 is 5.97 Å². The predicted molar refractivity (Wildman–Crippen MR) is 107 cm³/mol. The molecule has 1 aliphatic rings. The molecule has 1 saturated heterocycles. The molecule has 1 fully saturated rings. The number of rotatable bonds is 9. The van der Waals surface area contributed by atoms with Gasteiger partial charge in [0, 0.05) is 11.7 Å². The van der Waals surface area contributed by atoms with Crippen LogP contribution in [0.25, 0.3) is 0 Å². The summed E-state index contributed by atoms with van der Waals surface area (Å²) in [5.41, 5.74) is 1.44. The number of carbonyl (C=O) groups is 1. The molecule has 2 atom stereocenters. The van der Waals surface area contributed by atoms with E-state index in [4.69, 9.17) is 4.74 Å². The number of hydrogen-bond donors (Lipinski definition) is 0. The summed E-state index contributed by atoms with van der Waals surface area (Å²) in [5, 5.41) is 0.730. The molecule has 0 saturated carbocycles. The highest BCUT2D eigenvalue weighted by molar-refractivity contribution is 8.17. The van der Waals surface area contributed by atoms with Gasteiger partial charge in [-0.25, -0.2) is 0 Å². The van der Waals surface area contributed by atoms with Gasteiger partial charge in [0.1, 0.15) is 0 Å². The summed E-state index contributed by atoms with van der Waals surface area (Å²) in [4.78, 5) is 11.7. The fraction of sp³-hybridized carbons (Fsp3) is 0.650. The highest BCUT2D eigenvalue weighted by atomic mass is 32.2. The third-order valence-corrected chi connectivity index (χ3v) is 7.38. The van der Waals surface area contributed by atoms with Crippen LogP contribution in [0.3, 0.4) is 0 Å². The van der Waals surface area contributed by atoms with Crippen molar-refractivity contribution in [3.05, 3.63) is 35.9 Å². The molecular formula is C20H30O2S2. The van der Waals surface area contributed by atoms with E-state index in [-0.39, 0.29) is 5.97 Å². The molecule has 0 amide bonds. The minimum atomic E-state index is -0.0235. The number of carbonyl (C=O) groups excluding carboxylic acids is 1. The first kappa shape index (κ1) is 19.7. The molecule has 4 heteroatoms. The second-order valence-electron chi connectivity index (χ2n) is 6.81. The average molecular weight is 367 g/mol. The standard InChI is InChI=1S/C20H30O2S2/c1-16(2)12-14-22-19(21)11-7-6-10-18-13-15-23-20(24-18)17-8-4-3-5-9-17/h3-5,8-9,16,18,20H,6-7,10-15H2,1-2H3. The van der Waals surface area contributed by atoms with Crippen LogP contribution in [-0.4, -0.2) is 23.6 Å². The summed E-state index contributed by atoms with van der Waals surface area (Å²) in [6, 6.07) is 10.8. The fourth-order valence-corrected chi connectivity index (χ4v) is 6.14. The van der Waals surface area contributed by atoms with Crippen molar-refractivity contribution in [1.82, 2.24) is 0 Å². The average Bonchev–Trinajstić information content (AvgIpc) is 2.59. The smallest absolute Gasteiger partial charge is 0.305 e. The molecule has 0 radical (unpaired) electrons. The monoisotopic (exact) mass is 366 g/mol. The van der Waals surface area contributed by atoms with Crippen LogP contribution < -0.4 is 0 Å². The van der Waals surface area contributed by atoms with Gasteiger partial charge in [0.05, 0.1) is 11.2 Å². The van der Waals surface area contributed by atoms with Gasteiger partial charge < -0.3 is 4.74 Å². The second kappa shape index (κ2) is 11.1. The molecular weight excluding hydrogens is 336 g/mol. The van der Waals surface area contributed by atoms with Crippen molar-refractivity contribution in [2.45, 2.75) is 62.2 Å². The van der Waals surface area contributed by atoms with Crippen molar-refractivity contribution in [3.8, 4) is 0 Å². The van der Waals surface area contributed by atoms with E-state index in [0.29, 0.717) is 23.5 Å². The van der Waals surface area contributed by atoms with Gasteiger partial charge in [0.25, 0.3) is 0 Å². The van der Waals surface area contributed by atoms with Crippen LogP contribution in [0.4, 0.5) is 0 Å². The van der Waals surface area contributed by atoms with Gasteiger partial charge in [-0.15, -0.1) is 23.5 Å². The first-order chi connectivity index (χ1) is 11.6. The SMILES string of the molecule is CC(C)CCOC(=O)CCCCC1CCSC(c2ccccc2)S1. The third kappa shape index (κ3) is 7.52. The first-order valence-electron chi connectivity index (χ1n) is 9.13. The van der Waals surface area contributed by atoms with Gasteiger partial charge in [0.2, 0.25) is 0 Å². The molecule has 2 unspecified atom stereocenters. The molecule has 1 heterocycles. The molecule has 0 aromatic heterocycles. The first-order valence-corrected chi connectivity index (χ1v) is 11.1. The zero-order valence-corrected chi connectivity index (χ0v) is 16.5. The second-order valence-corrected chi connectivity index (χ2v) is 9.73. The normalized spacial score (nSPS) is 21.0. The van der Waals surface area contributed by atoms with Gasteiger partial charge in [-0.3, -0.25) is 4.79 Å². The maximum absolute atomic E-state index is 11.7. The Morgan fingerprint density at radius 3 is 2.79 bits per heavy atom. The Kier molecular flexibility index (Phi) is 9.11. The summed E-state index contributed by atoms with van der Waals surface area (Å²) in [6.07, 6.45) is 6.13. The Hall–Kier alpha value is -0.610. The largest absolute Gasteiger partial charge is 0.466 e. The lowest BCUT2D eigenvalue weighted by atomic mass is 10.1. The molecule has 2 rings (SSSR count). The molecule has 2 nitrogen and oxygen atoms in total. The highest BCUT2D eigenvalue weighted by Gasteiger charge is 2.23. The van der Waals surface area contributed by atoms with E-state index < -0.39 is 0 Å². The third-order valence-electron chi connectivity index (χ3n) is 4.21. The van der Waals surface area contributed by atoms with E-state index in [2.05, 4.69) is 67.7 Å². The van der Waals surface area contributed by atoms with Crippen molar-refractivity contribution in [3.63, 3.8) is 0 Å². The number of esters is 1. The molecule has 0 spiro atoms. The lowest BCUT2D eigenvalue weighted by Gasteiger charge is -2.28. The minimum Gasteiger partial charge on any atom is -0.466 e. The van der Waals surface area contributed by atoms with Crippen molar-refractivity contribution >= 4 is 29.5 Å². The van der Waals surface area contributed by atoms with Crippen molar-refractivity contribution in [2.75, 3.05) is 12.4 Å². The Morgan fingerprint density at radius 2 is 2.04 bits per heavy atom. The summed E-state index contributed by atoms with van der Waals surface area (Å²) < 4.78 is 5.85. The van der Waals surface area contributed by atoms with Crippen LogP contribution in [0, 0.1) is 5.92 Å². The number of hydrogen-bond acceptors (Lipinski definition) is 4.